The van der Waals surface area contributed by atoms with Crippen LogP contribution in [0, 0.1) is 0 Å². The summed E-state index contributed by atoms with van der Waals surface area (Å²) in [6, 6.07) is 30.0. The number of hydrogen-bond acceptors (Lipinski definition) is 7. The van der Waals surface area contributed by atoms with Crippen molar-refractivity contribution in [1.29, 1.82) is 0 Å². The highest BCUT2D eigenvalue weighted by Gasteiger charge is 2.27. The highest BCUT2D eigenvalue weighted by molar-refractivity contribution is 7.90. The summed E-state index contributed by atoms with van der Waals surface area (Å²) in [5.41, 5.74) is 2.84. The standard InChI is InChI=1S/C27H21N3O4S2/c31-27(30-36(32,33)23-12-5-2-6-13-23)24(20-14-15-25-26(18-20)29-35-28-25)17-19-8-7-11-22(16-19)34-21-9-3-1-4-10-21/h1-16,18,24H,17H2,(H,30,31). The van der Waals surface area contributed by atoms with Crippen LogP contribution in [0.1, 0.15) is 17.0 Å². The first-order valence-corrected chi connectivity index (χ1v) is 13.3. The van der Waals surface area contributed by atoms with Gasteiger partial charge in [0.25, 0.3) is 10.0 Å². The number of ether oxygens (including phenoxy) is 1. The van der Waals surface area contributed by atoms with E-state index in [4.69, 9.17) is 4.74 Å². The Morgan fingerprint density at radius 2 is 1.50 bits per heavy atom. The summed E-state index contributed by atoms with van der Waals surface area (Å²) in [5.74, 6) is -0.106. The van der Waals surface area contributed by atoms with Crippen LogP contribution in [0.4, 0.5) is 0 Å². The second kappa shape index (κ2) is 10.3. The van der Waals surface area contributed by atoms with Gasteiger partial charge in [0.1, 0.15) is 22.5 Å². The van der Waals surface area contributed by atoms with Gasteiger partial charge in [-0.1, -0.05) is 54.6 Å². The number of sulfonamides is 1. The number of carbonyl (C=O) groups excluding carboxylic acids is 1. The summed E-state index contributed by atoms with van der Waals surface area (Å²) in [5, 5.41) is 0. The van der Waals surface area contributed by atoms with Crippen LogP contribution >= 0.6 is 11.7 Å². The normalized spacial score (nSPS) is 12.2. The van der Waals surface area contributed by atoms with E-state index < -0.39 is 21.8 Å². The summed E-state index contributed by atoms with van der Waals surface area (Å²) in [6.45, 7) is 0. The molecule has 7 nitrogen and oxygen atoms in total. The van der Waals surface area contributed by atoms with E-state index in [1.165, 1.54) is 12.1 Å². The van der Waals surface area contributed by atoms with Gasteiger partial charge in [-0.2, -0.15) is 8.75 Å². The molecule has 0 spiro atoms. The number of amides is 1. The molecule has 0 fully saturated rings. The third-order valence-corrected chi connectivity index (χ3v) is 7.52. The van der Waals surface area contributed by atoms with Gasteiger partial charge in [0.2, 0.25) is 5.91 Å². The molecule has 0 bridgehead atoms. The third-order valence-electron chi connectivity index (χ3n) is 5.60. The van der Waals surface area contributed by atoms with Crippen LogP contribution in [0.25, 0.3) is 11.0 Å². The minimum Gasteiger partial charge on any atom is -0.457 e. The zero-order chi connectivity index (χ0) is 25.0. The van der Waals surface area contributed by atoms with Crippen LogP contribution in [0.5, 0.6) is 11.5 Å². The molecule has 1 amide bonds. The molecular formula is C27H21N3O4S2. The second-order valence-electron chi connectivity index (χ2n) is 8.11. The lowest BCUT2D eigenvalue weighted by atomic mass is 9.91. The smallest absolute Gasteiger partial charge is 0.264 e. The molecule has 1 heterocycles. The number of rotatable bonds is 8. The van der Waals surface area contributed by atoms with Crippen molar-refractivity contribution in [2.75, 3.05) is 0 Å². The number of para-hydroxylation sites is 1. The number of nitrogens with one attached hydrogen (secondary N) is 1. The largest absolute Gasteiger partial charge is 0.457 e. The predicted molar refractivity (Wildman–Crippen MR) is 139 cm³/mol. The molecular weight excluding hydrogens is 494 g/mol. The molecule has 1 atom stereocenters. The van der Waals surface area contributed by atoms with Gasteiger partial charge < -0.3 is 4.74 Å². The highest BCUT2D eigenvalue weighted by Crippen LogP contribution is 2.28. The van der Waals surface area contributed by atoms with E-state index in [2.05, 4.69) is 13.5 Å². The molecule has 0 aliphatic rings. The van der Waals surface area contributed by atoms with Crippen LogP contribution < -0.4 is 9.46 Å². The summed E-state index contributed by atoms with van der Waals surface area (Å²) < 4.78 is 42.5. The van der Waals surface area contributed by atoms with Crippen molar-refractivity contribution >= 4 is 38.7 Å². The zero-order valence-corrected chi connectivity index (χ0v) is 20.6. The van der Waals surface area contributed by atoms with Gasteiger partial charge in [0.05, 0.1) is 22.5 Å². The van der Waals surface area contributed by atoms with E-state index in [1.54, 1.807) is 36.4 Å². The fourth-order valence-corrected chi connectivity index (χ4v) is 5.39. The molecule has 0 aliphatic heterocycles. The molecule has 1 unspecified atom stereocenters. The van der Waals surface area contributed by atoms with Crippen molar-refractivity contribution in [3.05, 3.63) is 114 Å². The first kappa shape index (κ1) is 23.7. The molecule has 9 heteroatoms. The topological polar surface area (TPSA) is 98.2 Å². The molecule has 36 heavy (non-hydrogen) atoms. The Hall–Kier alpha value is -4.08. The molecule has 5 aromatic rings. The first-order chi connectivity index (χ1) is 17.5. The Morgan fingerprint density at radius 3 is 2.28 bits per heavy atom. The Kier molecular flexibility index (Phi) is 6.75. The van der Waals surface area contributed by atoms with Crippen molar-refractivity contribution in [3.63, 3.8) is 0 Å². The maximum absolute atomic E-state index is 13.4. The molecule has 0 saturated heterocycles. The molecule has 180 valence electrons. The molecule has 4 aromatic carbocycles. The van der Waals surface area contributed by atoms with Crippen molar-refractivity contribution in [2.24, 2.45) is 0 Å². The maximum Gasteiger partial charge on any atom is 0.264 e. The number of benzene rings is 4. The molecule has 1 aromatic heterocycles. The number of carbonyl (C=O) groups is 1. The molecule has 0 aliphatic carbocycles. The summed E-state index contributed by atoms with van der Waals surface area (Å²) in [7, 11) is -4.04. The van der Waals surface area contributed by atoms with Crippen molar-refractivity contribution in [1.82, 2.24) is 13.5 Å². The first-order valence-electron chi connectivity index (χ1n) is 11.1. The Morgan fingerprint density at radius 1 is 0.806 bits per heavy atom. The minimum atomic E-state index is -4.04. The lowest BCUT2D eigenvalue weighted by Gasteiger charge is -2.18. The second-order valence-corrected chi connectivity index (χ2v) is 10.3. The van der Waals surface area contributed by atoms with Crippen LogP contribution in [0.2, 0.25) is 0 Å². The molecule has 0 saturated carbocycles. The van der Waals surface area contributed by atoms with Crippen LogP contribution in [0.15, 0.2) is 108 Å². The fourth-order valence-electron chi connectivity index (χ4n) is 3.84. The number of aromatic nitrogens is 2. The van der Waals surface area contributed by atoms with Crippen LogP contribution in [-0.2, 0) is 21.2 Å². The minimum absolute atomic E-state index is 0.0227. The quantitative estimate of drug-likeness (QED) is 0.301. The Balaban J connectivity index is 1.45. The van der Waals surface area contributed by atoms with Gasteiger partial charge in [0, 0.05) is 0 Å². The van der Waals surface area contributed by atoms with Gasteiger partial charge >= 0.3 is 0 Å². The average Bonchev–Trinajstić information content (AvgIpc) is 3.36. The Labute approximate surface area is 212 Å². The lowest BCUT2D eigenvalue weighted by Crippen LogP contribution is -2.35. The molecule has 1 N–H and O–H groups in total. The van der Waals surface area contributed by atoms with Gasteiger partial charge in [-0.25, -0.2) is 13.1 Å². The summed E-state index contributed by atoms with van der Waals surface area (Å²) >= 11 is 1.08. The maximum atomic E-state index is 13.4. The number of hydrogen-bond donors (Lipinski definition) is 1. The highest BCUT2D eigenvalue weighted by atomic mass is 32.2. The van der Waals surface area contributed by atoms with E-state index in [9.17, 15) is 13.2 Å². The van der Waals surface area contributed by atoms with Crippen LogP contribution in [0.3, 0.4) is 0 Å². The van der Waals surface area contributed by atoms with Crippen molar-refractivity contribution < 1.29 is 17.9 Å². The predicted octanol–water partition coefficient (Wildman–Crippen LogP) is 5.32. The summed E-state index contributed by atoms with van der Waals surface area (Å²) in [4.78, 5) is 13.5. The van der Waals surface area contributed by atoms with E-state index in [1.807, 2.05) is 54.6 Å². The van der Waals surface area contributed by atoms with E-state index in [0.29, 0.717) is 22.6 Å². The van der Waals surface area contributed by atoms with Crippen molar-refractivity contribution in [3.8, 4) is 11.5 Å². The van der Waals surface area contributed by atoms with Gasteiger partial charge in [-0.3, -0.25) is 4.79 Å². The monoisotopic (exact) mass is 515 g/mol. The lowest BCUT2D eigenvalue weighted by molar-refractivity contribution is -0.120. The van der Waals surface area contributed by atoms with Gasteiger partial charge in [-0.15, -0.1) is 0 Å². The number of nitrogens with zero attached hydrogens (tertiary/aromatic N) is 2. The number of fused-ring (bicyclic) bond motifs is 1. The van der Waals surface area contributed by atoms with E-state index in [0.717, 1.165) is 22.8 Å². The van der Waals surface area contributed by atoms with E-state index >= 15 is 0 Å². The van der Waals surface area contributed by atoms with Crippen LogP contribution in [-0.4, -0.2) is 23.1 Å². The molecule has 0 radical (unpaired) electrons. The average molecular weight is 516 g/mol. The third kappa shape index (κ3) is 5.42. The zero-order valence-electron chi connectivity index (χ0n) is 18.9. The van der Waals surface area contributed by atoms with E-state index in [-0.39, 0.29) is 11.3 Å². The Bertz CT molecular complexity index is 1600. The fraction of sp³-hybridized carbons (Fsp3) is 0.0741. The van der Waals surface area contributed by atoms with Crippen molar-refractivity contribution in [2.45, 2.75) is 17.2 Å². The summed E-state index contributed by atoms with van der Waals surface area (Å²) in [6.07, 6.45) is 0.255. The molecule has 5 rings (SSSR count). The van der Waals surface area contributed by atoms with Gasteiger partial charge in [-0.05, 0) is 66.1 Å². The van der Waals surface area contributed by atoms with Gasteiger partial charge in [0.15, 0.2) is 0 Å². The SMILES string of the molecule is O=C(NS(=O)(=O)c1ccccc1)C(Cc1cccc(Oc2ccccc2)c1)c1ccc2nsnc2c1.